The van der Waals surface area contributed by atoms with Crippen LogP contribution in [-0.4, -0.2) is 54.7 Å². The molecule has 1 aromatic heterocycles. The number of hydrogen-bond donors (Lipinski definition) is 2. The molecule has 19 heavy (non-hydrogen) atoms. The minimum atomic E-state index is 0.0825. The average molecular weight is 263 g/mol. The van der Waals surface area contributed by atoms with Gasteiger partial charge in [0.1, 0.15) is 5.82 Å². The number of anilines is 1. The Balaban J connectivity index is 1.97. The lowest BCUT2D eigenvalue weighted by Crippen LogP contribution is -2.28. The fourth-order valence-corrected chi connectivity index (χ4v) is 2.48. The van der Waals surface area contributed by atoms with Crippen LogP contribution in [0.15, 0.2) is 23.5 Å². The van der Waals surface area contributed by atoms with E-state index in [4.69, 9.17) is 10.9 Å². The molecule has 1 atom stereocenters. The van der Waals surface area contributed by atoms with E-state index in [0.29, 0.717) is 11.5 Å². The molecule has 0 amide bonds. The van der Waals surface area contributed by atoms with Crippen molar-refractivity contribution in [2.45, 2.75) is 6.42 Å². The normalized spacial score (nSPS) is 20.7. The Morgan fingerprint density at radius 3 is 2.95 bits per heavy atom. The van der Waals surface area contributed by atoms with Crippen molar-refractivity contribution in [3.05, 3.63) is 23.9 Å². The first-order valence-electron chi connectivity index (χ1n) is 6.43. The van der Waals surface area contributed by atoms with Gasteiger partial charge in [0.15, 0.2) is 5.84 Å². The van der Waals surface area contributed by atoms with Crippen LogP contribution in [0.2, 0.25) is 0 Å². The minimum absolute atomic E-state index is 0.0825. The van der Waals surface area contributed by atoms with Crippen molar-refractivity contribution in [1.29, 1.82) is 0 Å². The van der Waals surface area contributed by atoms with Crippen molar-refractivity contribution >= 4 is 11.7 Å². The Morgan fingerprint density at radius 1 is 1.63 bits per heavy atom. The van der Waals surface area contributed by atoms with Crippen LogP contribution in [0.25, 0.3) is 0 Å². The molecule has 2 rings (SSSR count). The predicted molar refractivity (Wildman–Crippen MR) is 75.6 cm³/mol. The van der Waals surface area contributed by atoms with E-state index in [1.54, 1.807) is 6.20 Å². The Hall–Kier alpha value is -1.82. The smallest absolute Gasteiger partial charge is 0.171 e. The van der Waals surface area contributed by atoms with Crippen molar-refractivity contribution in [3.63, 3.8) is 0 Å². The lowest BCUT2D eigenvalue weighted by atomic mass is 10.1. The first kappa shape index (κ1) is 13.6. The molecule has 1 fully saturated rings. The van der Waals surface area contributed by atoms with Crippen LogP contribution in [0.4, 0.5) is 5.82 Å². The topological polar surface area (TPSA) is 78.0 Å². The third kappa shape index (κ3) is 3.35. The number of likely N-dealkylation sites (tertiary alicyclic amines) is 1. The highest BCUT2D eigenvalue weighted by molar-refractivity contribution is 5.96. The van der Waals surface area contributed by atoms with Gasteiger partial charge in [0.05, 0.1) is 0 Å². The number of rotatable bonds is 4. The van der Waals surface area contributed by atoms with Crippen molar-refractivity contribution in [3.8, 4) is 0 Å². The lowest BCUT2D eigenvalue weighted by molar-refractivity contribution is 0.318. The highest BCUT2D eigenvalue weighted by Crippen LogP contribution is 2.18. The standard InChI is InChI=1S/C13H21N5O/c1-17-6-5-10(8-17)9-18(2)12-4-3-11(7-15-12)13(14)16-19/h3-4,7,10,19H,5-6,8-9H2,1-2H3,(H2,14,16). The van der Waals surface area contributed by atoms with Crippen LogP contribution in [0, 0.1) is 5.92 Å². The molecule has 0 aromatic carbocycles. The maximum Gasteiger partial charge on any atom is 0.171 e. The van der Waals surface area contributed by atoms with Gasteiger partial charge in [0.25, 0.3) is 0 Å². The van der Waals surface area contributed by atoms with Gasteiger partial charge in [-0.1, -0.05) is 5.16 Å². The molecule has 6 heteroatoms. The SMILES string of the molecule is CN1CCC(CN(C)c2ccc(C(N)=NO)cn2)C1. The van der Waals surface area contributed by atoms with Crippen LogP contribution >= 0.6 is 0 Å². The molecule has 1 aliphatic rings. The number of nitrogens with zero attached hydrogens (tertiary/aromatic N) is 4. The lowest BCUT2D eigenvalue weighted by Gasteiger charge is -2.22. The van der Waals surface area contributed by atoms with E-state index in [0.717, 1.165) is 18.9 Å². The van der Waals surface area contributed by atoms with Crippen LogP contribution < -0.4 is 10.6 Å². The molecule has 1 aromatic rings. The average Bonchev–Trinajstić information content (AvgIpc) is 2.83. The second-order valence-corrected chi connectivity index (χ2v) is 5.19. The van der Waals surface area contributed by atoms with Gasteiger partial charge in [-0.25, -0.2) is 4.98 Å². The summed E-state index contributed by atoms with van der Waals surface area (Å²) >= 11 is 0. The molecule has 2 heterocycles. The molecule has 3 N–H and O–H groups in total. The highest BCUT2D eigenvalue weighted by Gasteiger charge is 2.21. The van der Waals surface area contributed by atoms with Gasteiger partial charge in [0.2, 0.25) is 0 Å². The van der Waals surface area contributed by atoms with Crippen LogP contribution in [0.1, 0.15) is 12.0 Å². The van der Waals surface area contributed by atoms with E-state index < -0.39 is 0 Å². The van der Waals surface area contributed by atoms with E-state index in [1.807, 2.05) is 19.2 Å². The number of hydrogen-bond acceptors (Lipinski definition) is 5. The molecular weight excluding hydrogens is 242 g/mol. The molecule has 1 unspecified atom stereocenters. The van der Waals surface area contributed by atoms with Gasteiger partial charge < -0.3 is 20.7 Å². The van der Waals surface area contributed by atoms with E-state index >= 15 is 0 Å². The summed E-state index contributed by atoms with van der Waals surface area (Å²) in [6.07, 6.45) is 2.87. The summed E-state index contributed by atoms with van der Waals surface area (Å²) in [6.45, 7) is 3.32. The van der Waals surface area contributed by atoms with Gasteiger partial charge in [-0.2, -0.15) is 0 Å². The number of aromatic nitrogens is 1. The quantitative estimate of drug-likeness (QED) is 0.359. The summed E-state index contributed by atoms with van der Waals surface area (Å²) in [7, 11) is 4.20. The molecule has 0 radical (unpaired) electrons. The van der Waals surface area contributed by atoms with Crippen LogP contribution in [0.5, 0.6) is 0 Å². The van der Waals surface area contributed by atoms with Crippen molar-refractivity contribution in [2.75, 3.05) is 38.6 Å². The van der Waals surface area contributed by atoms with Gasteiger partial charge >= 0.3 is 0 Å². The van der Waals surface area contributed by atoms with Gasteiger partial charge in [0, 0.05) is 31.9 Å². The van der Waals surface area contributed by atoms with E-state index in [2.05, 4.69) is 27.0 Å². The second kappa shape index (κ2) is 5.88. The molecule has 104 valence electrons. The Bertz CT molecular complexity index is 445. The first-order chi connectivity index (χ1) is 9.10. The number of nitrogens with two attached hydrogens (primary N) is 1. The fraction of sp³-hybridized carbons (Fsp3) is 0.538. The molecular formula is C13H21N5O. The van der Waals surface area contributed by atoms with Crippen LogP contribution in [-0.2, 0) is 0 Å². The maximum atomic E-state index is 8.60. The molecule has 0 spiro atoms. The largest absolute Gasteiger partial charge is 0.409 e. The summed E-state index contributed by atoms with van der Waals surface area (Å²) in [6, 6.07) is 3.71. The van der Waals surface area contributed by atoms with Gasteiger partial charge in [-0.05, 0) is 38.1 Å². The van der Waals surface area contributed by atoms with E-state index in [-0.39, 0.29) is 5.84 Å². The number of pyridine rings is 1. The predicted octanol–water partition coefficient (Wildman–Crippen LogP) is 0.564. The van der Waals surface area contributed by atoms with Crippen LogP contribution in [0.3, 0.4) is 0 Å². The third-order valence-corrected chi connectivity index (χ3v) is 3.56. The molecule has 0 aliphatic carbocycles. The summed E-state index contributed by atoms with van der Waals surface area (Å²) in [5.74, 6) is 1.68. The Labute approximate surface area is 113 Å². The Kier molecular flexibility index (Phi) is 4.21. The minimum Gasteiger partial charge on any atom is -0.409 e. The van der Waals surface area contributed by atoms with Gasteiger partial charge in [-0.3, -0.25) is 0 Å². The summed E-state index contributed by atoms with van der Waals surface area (Å²) < 4.78 is 0. The number of oxime groups is 1. The van der Waals surface area contributed by atoms with Crippen molar-refractivity contribution in [1.82, 2.24) is 9.88 Å². The summed E-state index contributed by atoms with van der Waals surface area (Å²) in [5.41, 5.74) is 6.13. The van der Waals surface area contributed by atoms with Crippen molar-refractivity contribution < 1.29 is 5.21 Å². The zero-order chi connectivity index (χ0) is 13.8. The molecule has 1 aliphatic heterocycles. The number of amidine groups is 1. The molecule has 0 bridgehead atoms. The molecule has 1 saturated heterocycles. The van der Waals surface area contributed by atoms with E-state index in [1.165, 1.54) is 13.0 Å². The third-order valence-electron chi connectivity index (χ3n) is 3.56. The Morgan fingerprint density at radius 2 is 2.42 bits per heavy atom. The highest BCUT2D eigenvalue weighted by atomic mass is 16.4. The first-order valence-corrected chi connectivity index (χ1v) is 6.43. The zero-order valence-corrected chi connectivity index (χ0v) is 11.5. The maximum absolute atomic E-state index is 8.60. The monoisotopic (exact) mass is 263 g/mol. The summed E-state index contributed by atoms with van der Waals surface area (Å²) in [5, 5.41) is 11.6. The van der Waals surface area contributed by atoms with Gasteiger partial charge in [-0.15, -0.1) is 0 Å². The second-order valence-electron chi connectivity index (χ2n) is 5.19. The van der Waals surface area contributed by atoms with E-state index in [9.17, 15) is 0 Å². The summed E-state index contributed by atoms with van der Waals surface area (Å²) in [4.78, 5) is 8.86. The molecule has 6 nitrogen and oxygen atoms in total. The fourth-order valence-electron chi connectivity index (χ4n) is 2.48. The van der Waals surface area contributed by atoms with Crippen molar-refractivity contribution in [2.24, 2.45) is 16.8 Å². The molecule has 0 saturated carbocycles. The zero-order valence-electron chi connectivity index (χ0n) is 11.5.